The second-order valence-corrected chi connectivity index (χ2v) is 7.91. The van der Waals surface area contributed by atoms with Crippen molar-refractivity contribution in [1.29, 1.82) is 0 Å². The van der Waals surface area contributed by atoms with Crippen LogP contribution < -0.4 is 19.1 Å². The molecule has 2 aromatic rings. The van der Waals surface area contributed by atoms with Crippen LogP contribution in [0.4, 0.5) is 5.69 Å². The lowest BCUT2D eigenvalue weighted by molar-refractivity contribution is -0.136. The van der Waals surface area contributed by atoms with E-state index in [4.69, 9.17) is 14.2 Å². The molecule has 0 saturated carbocycles. The molecule has 0 bridgehead atoms. The number of benzene rings is 2. The number of hydrogen-bond acceptors (Lipinski definition) is 5. The fraction of sp³-hybridized carbons (Fsp3) is 0.417. The summed E-state index contributed by atoms with van der Waals surface area (Å²) in [6.45, 7) is 1.10. The Labute approximate surface area is 182 Å². The Morgan fingerprint density at radius 3 is 2.39 bits per heavy atom. The van der Waals surface area contributed by atoms with Gasteiger partial charge in [0, 0.05) is 25.2 Å². The largest absolute Gasteiger partial charge is 0.497 e. The molecule has 4 rings (SSSR count). The van der Waals surface area contributed by atoms with Crippen LogP contribution in [0, 0.1) is 5.92 Å². The van der Waals surface area contributed by atoms with Crippen LogP contribution in [0.5, 0.6) is 17.2 Å². The maximum Gasteiger partial charge on any atom is 0.228 e. The monoisotopic (exact) mass is 424 g/mol. The first kappa shape index (κ1) is 21.0. The zero-order chi connectivity index (χ0) is 22.0. The molecular formula is C24H28N2O5. The minimum atomic E-state index is -0.338. The lowest BCUT2D eigenvalue weighted by atomic mass is 10.0. The van der Waals surface area contributed by atoms with Crippen LogP contribution in [-0.2, 0) is 9.59 Å². The lowest BCUT2D eigenvalue weighted by Gasteiger charge is -2.28. The molecule has 7 nitrogen and oxygen atoms in total. The third kappa shape index (κ3) is 4.04. The number of methoxy groups -OCH3 is 3. The van der Waals surface area contributed by atoms with Gasteiger partial charge >= 0.3 is 0 Å². The third-order valence-corrected chi connectivity index (χ3v) is 6.19. The molecular weight excluding hydrogens is 396 g/mol. The van der Waals surface area contributed by atoms with Gasteiger partial charge in [0.1, 0.15) is 5.75 Å². The zero-order valence-electron chi connectivity index (χ0n) is 18.2. The van der Waals surface area contributed by atoms with E-state index in [1.807, 2.05) is 47.4 Å². The number of ether oxygens (including phenoxy) is 3. The summed E-state index contributed by atoms with van der Waals surface area (Å²) in [6, 6.07) is 13.1. The molecule has 7 heteroatoms. The van der Waals surface area contributed by atoms with Gasteiger partial charge in [-0.25, -0.2) is 0 Å². The molecule has 2 aromatic carbocycles. The van der Waals surface area contributed by atoms with Gasteiger partial charge in [0.15, 0.2) is 11.5 Å². The fourth-order valence-corrected chi connectivity index (χ4v) is 4.56. The van der Waals surface area contributed by atoms with Gasteiger partial charge in [0.2, 0.25) is 11.8 Å². The molecule has 0 aromatic heterocycles. The van der Waals surface area contributed by atoms with Crippen LogP contribution in [0.25, 0.3) is 0 Å². The number of likely N-dealkylation sites (tertiary alicyclic amines) is 1. The third-order valence-electron chi connectivity index (χ3n) is 6.19. The van der Waals surface area contributed by atoms with Gasteiger partial charge in [-0.3, -0.25) is 9.59 Å². The van der Waals surface area contributed by atoms with Gasteiger partial charge in [-0.1, -0.05) is 6.07 Å². The maximum atomic E-state index is 13.4. The summed E-state index contributed by atoms with van der Waals surface area (Å²) < 4.78 is 16.0. The van der Waals surface area contributed by atoms with Gasteiger partial charge in [-0.05, 0) is 54.8 Å². The Balaban J connectivity index is 1.50. The topological polar surface area (TPSA) is 68.3 Å². The van der Waals surface area contributed by atoms with E-state index in [1.54, 1.807) is 26.2 Å². The molecule has 0 radical (unpaired) electrons. The van der Waals surface area contributed by atoms with Gasteiger partial charge in [-0.15, -0.1) is 0 Å². The molecule has 2 fully saturated rings. The van der Waals surface area contributed by atoms with Crippen molar-refractivity contribution in [3.8, 4) is 17.2 Å². The van der Waals surface area contributed by atoms with Crippen LogP contribution >= 0.6 is 0 Å². The molecule has 164 valence electrons. The first-order valence-electron chi connectivity index (χ1n) is 10.5. The second kappa shape index (κ2) is 8.88. The average molecular weight is 424 g/mol. The van der Waals surface area contributed by atoms with E-state index in [1.165, 1.54) is 0 Å². The van der Waals surface area contributed by atoms with Crippen molar-refractivity contribution in [2.45, 2.75) is 25.3 Å². The second-order valence-electron chi connectivity index (χ2n) is 7.91. The number of rotatable bonds is 6. The number of amides is 2. The van der Waals surface area contributed by atoms with Crippen molar-refractivity contribution >= 4 is 17.5 Å². The summed E-state index contributed by atoms with van der Waals surface area (Å²) >= 11 is 0. The van der Waals surface area contributed by atoms with Crippen LogP contribution in [0.2, 0.25) is 0 Å². The highest BCUT2D eigenvalue weighted by atomic mass is 16.5. The smallest absolute Gasteiger partial charge is 0.228 e. The number of anilines is 1. The minimum absolute atomic E-state index is 0.0163. The summed E-state index contributed by atoms with van der Waals surface area (Å²) in [4.78, 5) is 29.7. The van der Waals surface area contributed by atoms with E-state index in [0.29, 0.717) is 24.6 Å². The maximum absolute atomic E-state index is 13.4. The zero-order valence-corrected chi connectivity index (χ0v) is 18.2. The highest BCUT2D eigenvalue weighted by Crippen LogP contribution is 2.38. The molecule has 0 spiro atoms. The summed E-state index contributed by atoms with van der Waals surface area (Å²) in [5.74, 6) is 1.74. The highest BCUT2D eigenvalue weighted by molar-refractivity contribution is 6.00. The predicted octanol–water partition coefficient (Wildman–Crippen LogP) is 3.43. The van der Waals surface area contributed by atoms with Crippen LogP contribution in [-0.4, -0.2) is 51.1 Å². The number of nitrogens with zero attached hydrogens (tertiary/aromatic N) is 2. The summed E-state index contributed by atoms with van der Waals surface area (Å²) in [5.41, 5.74) is 1.82. The van der Waals surface area contributed by atoms with Crippen LogP contribution in [0.3, 0.4) is 0 Å². The molecule has 2 aliphatic rings. The van der Waals surface area contributed by atoms with E-state index in [9.17, 15) is 9.59 Å². The molecule has 2 aliphatic heterocycles. The molecule has 0 unspecified atom stereocenters. The lowest BCUT2D eigenvalue weighted by Crippen LogP contribution is -2.37. The van der Waals surface area contributed by atoms with Crippen molar-refractivity contribution in [3.63, 3.8) is 0 Å². The van der Waals surface area contributed by atoms with Gasteiger partial charge < -0.3 is 24.0 Å². The quantitative estimate of drug-likeness (QED) is 0.711. The Hall–Kier alpha value is -3.22. The van der Waals surface area contributed by atoms with Crippen molar-refractivity contribution < 1.29 is 23.8 Å². The van der Waals surface area contributed by atoms with E-state index in [0.717, 1.165) is 29.8 Å². The first-order valence-corrected chi connectivity index (χ1v) is 10.5. The Kier molecular flexibility index (Phi) is 6.02. The molecule has 0 N–H and O–H groups in total. The van der Waals surface area contributed by atoms with Crippen LogP contribution in [0.15, 0.2) is 42.5 Å². The number of carbonyl (C=O) groups excluding carboxylic acids is 2. The number of hydrogen-bond donors (Lipinski definition) is 0. The minimum Gasteiger partial charge on any atom is -0.497 e. The summed E-state index contributed by atoms with van der Waals surface area (Å²) in [5, 5.41) is 0. The van der Waals surface area contributed by atoms with Crippen LogP contribution in [0.1, 0.15) is 30.9 Å². The van der Waals surface area contributed by atoms with Crippen molar-refractivity contribution in [3.05, 3.63) is 48.0 Å². The van der Waals surface area contributed by atoms with Gasteiger partial charge in [0.25, 0.3) is 0 Å². The normalized spacial score (nSPS) is 20.8. The SMILES string of the molecule is COc1ccc(N2C[C@H](C(=O)N3CCC[C@@H]3c3ccc(OC)c(OC)c3)CC2=O)cc1. The van der Waals surface area contributed by atoms with Crippen molar-refractivity contribution in [2.24, 2.45) is 5.92 Å². The Morgan fingerprint density at radius 2 is 1.71 bits per heavy atom. The molecule has 2 amide bonds. The molecule has 2 heterocycles. The fourth-order valence-electron chi connectivity index (χ4n) is 4.56. The number of carbonyl (C=O) groups is 2. The highest BCUT2D eigenvalue weighted by Gasteiger charge is 2.40. The molecule has 0 aliphatic carbocycles. The van der Waals surface area contributed by atoms with E-state index >= 15 is 0 Å². The summed E-state index contributed by atoms with van der Waals surface area (Å²) in [6.07, 6.45) is 2.07. The molecule has 31 heavy (non-hydrogen) atoms. The van der Waals surface area contributed by atoms with Crippen molar-refractivity contribution in [1.82, 2.24) is 4.90 Å². The molecule has 2 atom stereocenters. The van der Waals surface area contributed by atoms with E-state index in [-0.39, 0.29) is 30.2 Å². The van der Waals surface area contributed by atoms with Gasteiger partial charge in [-0.2, -0.15) is 0 Å². The molecule has 2 saturated heterocycles. The standard InChI is InChI=1S/C24H28N2O5/c1-29-19-9-7-18(8-10-19)26-15-17(14-23(26)27)24(28)25-12-4-5-20(25)16-6-11-21(30-2)22(13-16)31-3/h6-11,13,17,20H,4-5,12,14-15H2,1-3H3/t17-,20-/m1/s1. The summed E-state index contributed by atoms with van der Waals surface area (Å²) in [7, 11) is 4.82. The first-order chi connectivity index (χ1) is 15.0. The van der Waals surface area contributed by atoms with Crippen molar-refractivity contribution in [2.75, 3.05) is 39.3 Å². The Bertz CT molecular complexity index is 959. The van der Waals surface area contributed by atoms with Gasteiger partial charge in [0.05, 0.1) is 33.3 Å². The van der Waals surface area contributed by atoms with E-state index < -0.39 is 0 Å². The average Bonchev–Trinajstić information content (AvgIpc) is 3.45. The Morgan fingerprint density at radius 1 is 0.968 bits per heavy atom. The van der Waals surface area contributed by atoms with E-state index in [2.05, 4.69) is 0 Å². The predicted molar refractivity (Wildman–Crippen MR) is 117 cm³/mol.